The van der Waals surface area contributed by atoms with Gasteiger partial charge >= 0.3 is 19.8 Å². The fourth-order valence-electron chi connectivity index (χ4n) is 5.35. The predicted octanol–water partition coefficient (Wildman–Crippen LogP) is 11.2. The number of carbonyl (C=O) groups excluding carboxylic acids is 2. The minimum absolute atomic E-state index is 0.0481. The van der Waals surface area contributed by atoms with Gasteiger partial charge in [0.1, 0.15) is 6.61 Å². The maximum atomic E-state index is 12.5. The summed E-state index contributed by atoms with van der Waals surface area (Å²) in [6.45, 7) is 3.56. The lowest BCUT2D eigenvalue weighted by Gasteiger charge is -2.19. The molecule has 0 amide bonds. The Morgan fingerprint density at radius 2 is 1.08 bits per heavy atom. The number of phosphoric ester groups is 1. The molecule has 0 saturated carbocycles. The molecule has 0 aliphatic carbocycles. The maximum absolute atomic E-state index is 12.5. The van der Waals surface area contributed by atoms with E-state index in [2.05, 4.69) is 32.1 Å². The summed E-state index contributed by atoms with van der Waals surface area (Å²) >= 11 is 0. The van der Waals surface area contributed by atoms with Crippen molar-refractivity contribution in [3.8, 4) is 0 Å². The van der Waals surface area contributed by atoms with E-state index in [9.17, 15) is 19.0 Å². The van der Waals surface area contributed by atoms with Crippen molar-refractivity contribution in [2.75, 3.05) is 26.4 Å². The molecule has 0 spiro atoms. The minimum Gasteiger partial charge on any atom is -0.462 e. The summed E-state index contributed by atoms with van der Waals surface area (Å²) in [6, 6.07) is 0. The smallest absolute Gasteiger partial charge is 0.462 e. The third kappa shape index (κ3) is 37.5. The molecule has 0 fully saturated rings. The molecule has 3 N–H and O–H groups in total. The average Bonchev–Trinajstić information content (AvgIpc) is 3.11. The highest BCUT2D eigenvalue weighted by Gasteiger charge is 2.25. The van der Waals surface area contributed by atoms with Gasteiger partial charge < -0.3 is 20.1 Å². The van der Waals surface area contributed by atoms with Crippen LogP contribution in [0.1, 0.15) is 168 Å². The van der Waals surface area contributed by atoms with E-state index in [1.54, 1.807) is 0 Å². The quantitative estimate of drug-likeness (QED) is 0.0276. The minimum atomic E-state index is -4.38. The Kier molecular flexibility index (Phi) is 36.2. The fourth-order valence-corrected chi connectivity index (χ4v) is 6.12. The maximum Gasteiger partial charge on any atom is 0.472 e. The van der Waals surface area contributed by atoms with Gasteiger partial charge in [0.2, 0.25) is 0 Å². The Hall–Kier alpha value is -2.03. The molecule has 0 heterocycles. The van der Waals surface area contributed by atoms with Gasteiger partial charge in [-0.15, -0.1) is 0 Å². The number of ether oxygens (including phenoxy) is 2. The molecule has 0 aliphatic rings. The topological polar surface area (TPSA) is 134 Å². The Morgan fingerprint density at radius 3 is 1.61 bits per heavy atom. The van der Waals surface area contributed by atoms with Crippen molar-refractivity contribution >= 4 is 19.8 Å². The number of carbonyl (C=O) groups is 2. The van der Waals surface area contributed by atoms with Crippen LogP contribution in [0, 0.1) is 0 Å². The van der Waals surface area contributed by atoms with Crippen molar-refractivity contribution in [2.24, 2.45) is 5.73 Å². The third-order valence-electron chi connectivity index (χ3n) is 8.32. The SMILES string of the molecule is CC/C=C/C=C/C=C/C=C/CCCCCCCC(=O)O[C@H](COC(=O)CCCCCCCCCCCCCCCCC)COP(=O)(O)OCCN. The van der Waals surface area contributed by atoms with Gasteiger partial charge in [-0.25, -0.2) is 4.57 Å². The number of unbranched alkanes of at least 4 members (excludes halogenated alkanes) is 19. The van der Waals surface area contributed by atoms with Gasteiger partial charge in [-0.1, -0.05) is 172 Å². The van der Waals surface area contributed by atoms with Crippen LogP contribution in [0.3, 0.4) is 0 Å². The first-order chi connectivity index (χ1) is 24.8. The molecule has 51 heavy (non-hydrogen) atoms. The van der Waals surface area contributed by atoms with E-state index >= 15 is 0 Å². The molecule has 0 aliphatic heterocycles. The molecule has 0 rings (SSSR count). The van der Waals surface area contributed by atoms with Crippen LogP contribution >= 0.6 is 7.82 Å². The lowest BCUT2D eigenvalue weighted by molar-refractivity contribution is -0.161. The highest BCUT2D eigenvalue weighted by molar-refractivity contribution is 7.47. The fraction of sp³-hybridized carbons (Fsp3) is 0.756. The van der Waals surface area contributed by atoms with Crippen molar-refractivity contribution in [2.45, 2.75) is 174 Å². The third-order valence-corrected chi connectivity index (χ3v) is 9.31. The van der Waals surface area contributed by atoms with Crippen LogP contribution in [0.25, 0.3) is 0 Å². The number of phosphoric acid groups is 1. The summed E-state index contributed by atoms with van der Waals surface area (Å²) in [5.41, 5.74) is 5.33. The monoisotopic (exact) mass is 740 g/mol. The summed E-state index contributed by atoms with van der Waals surface area (Å²) in [6.07, 6.45) is 41.4. The van der Waals surface area contributed by atoms with E-state index in [-0.39, 0.29) is 38.6 Å². The van der Waals surface area contributed by atoms with E-state index in [4.69, 9.17) is 24.3 Å². The van der Waals surface area contributed by atoms with Gasteiger partial charge in [-0.2, -0.15) is 0 Å². The predicted molar refractivity (Wildman–Crippen MR) is 210 cm³/mol. The summed E-state index contributed by atoms with van der Waals surface area (Å²) in [4.78, 5) is 34.8. The van der Waals surface area contributed by atoms with Crippen LogP contribution in [-0.4, -0.2) is 49.3 Å². The zero-order chi connectivity index (χ0) is 37.5. The zero-order valence-corrected chi connectivity index (χ0v) is 33.2. The molecule has 1 unspecified atom stereocenters. The van der Waals surface area contributed by atoms with Crippen molar-refractivity contribution in [3.63, 3.8) is 0 Å². The molecule has 0 bridgehead atoms. The first kappa shape index (κ1) is 49.0. The number of esters is 2. The van der Waals surface area contributed by atoms with Crippen LogP contribution in [-0.2, 0) is 32.7 Å². The number of nitrogens with two attached hydrogens (primary N) is 1. The van der Waals surface area contributed by atoms with Crippen LogP contribution in [0.4, 0.5) is 0 Å². The van der Waals surface area contributed by atoms with Crippen molar-refractivity contribution in [3.05, 3.63) is 48.6 Å². The van der Waals surface area contributed by atoms with Crippen LogP contribution in [0.5, 0.6) is 0 Å². The number of rotatable bonds is 37. The van der Waals surface area contributed by atoms with E-state index in [1.165, 1.54) is 77.0 Å². The standard InChI is InChI=1S/C41H74NO8P/c1-3-5-7-9-11-13-15-17-19-21-23-25-27-29-31-33-40(43)47-37-39(38-49-51(45,46)48-36-35-42)50-41(44)34-32-30-28-26-24-22-20-18-16-14-12-10-8-6-4-2/h6,8,10,12,14,16,18,20,39H,3-5,7,9,11,13,15,17,19,21-38,42H2,1-2H3,(H,45,46)/b8-6+,12-10+,16-14+,20-18+/t39-/m1/s1. The van der Waals surface area contributed by atoms with Crippen molar-refractivity contribution in [1.82, 2.24) is 0 Å². The molecule has 296 valence electrons. The van der Waals surface area contributed by atoms with E-state index < -0.39 is 26.5 Å². The molecule has 0 aromatic carbocycles. The lowest BCUT2D eigenvalue weighted by atomic mass is 10.0. The zero-order valence-electron chi connectivity index (χ0n) is 32.3. The first-order valence-electron chi connectivity index (χ1n) is 20.2. The van der Waals surface area contributed by atoms with E-state index in [1.807, 2.05) is 30.4 Å². The average molecular weight is 740 g/mol. The number of hydrogen-bond donors (Lipinski definition) is 2. The van der Waals surface area contributed by atoms with Gasteiger partial charge in [-0.05, 0) is 32.1 Å². The van der Waals surface area contributed by atoms with E-state index in [0.29, 0.717) is 6.42 Å². The van der Waals surface area contributed by atoms with Gasteiger partial charge in [0.15, 0.2) is 6.10 Å². The molecule has 10 heteroatoms. The second-order valence-electron chi connectivity index (χ2n) is 13.2. The van der Waals surface area contributed by atoms with Crippen LogP contribution in [0.2, 0.25) is 0 Å². The molecule has 0 radical (unpaired) electrons. The van der Waals surface area contributed by atoms with Crippen LogP contribution < -0.4 is 5.73 Å². The number of hydrogen-bond acceptors (Lipinski definition) is 8. The van der Waals surface area contributed by atoms with Gasteiger partial charge in [0.25, 0.3) is 0 Å². The van der Waals surface area contributed by atoms with Gasteiger partial charge in [0.05, 0.1) is 13.2 Å². The Morgan fingerprint density at radius 1 is 0.608 bits per heavy atom. The summed E-state index contributed by atoms with van der Waals surface area (Å²) < 4.78 is 32.7. The van der Waals surface area contributed by atoms with Crippen molar-refractivity contribution < 1.29 is 37.6 Å². The molecular formula is C41H74NO8P. The molecule has 2 atom stereocenters. The normalized spacial score (nSPS) is 13.9. The molecule has 0 aromatic heterocycles. The summed E-state index contributed by atoms with van der Waals surface area (Å²) in [5, 5.41) is 0. The molecule has 9 nitrogen and oxygen atoms in total. The van der Waals surface area contributed by atoms with Gasteiger partial charge in [-0.3, -0.25) is 18.6 Å². The second kappa shape index (κ2) is 37.7. The van der Waals surface area contributed by atoms with Crippen LogP contribution in [0.15, 0.2) is 48.6 Å². The molecule has 0 saturated heterocycles. The Bertz CT molecular complexity index is 981. The molecule has 0 aromatic rings. The Labute approximate surface area is 311 Å². The first-order valence-corrected chi connectivity index (χ1v) is 21.7. The van der Waals surface area contributed by atoms with E-state index in [0.717, 1.165) is 57.8 Å². The summed E-state index contributed by atoms with van der Waals surface area (Å²) in [5.74, 6) is -0.855. The summed E-state index contributed by atoms with van der Waals surface area (Å²) in [7, 11) is -4.38. The second-order valence-corrected chi connectivity index (χ2v) is 14.7. The van der Waals surface area contributed by atoms with Gasteiger partial charge in [0, 0.05) is 19.4 Å². The Balaban J connectivity index is 4.23. The van der Waals surface area contributed by atoms with Crippen molar-refractivity contribution in [1.29, 1.82) is 0 Å². The highest BCUT2D eigenvalue weighted by Crippen LogP contribution is 2.43. The molecular weight excluding hydrogens is 665 g/mol. The lowest BCUT2D eigenvalue weighted by Crippen LogP contribution is -2.29. The number of allylic oxidation sites excluding steroid dienone is 8. The highest BCUT2D eigenvalue weighted by atomic mass is 31.2. The largest absolute Gasteiger partial charge is 0.472 e.